The third-order valence-electron chi connectivity index (χ3n) is 3.84. The summed E-state index contributed by atoms with van der Waals surface area (Å²) < 4.78 is 0. The highest BCUT2D eigenvalue weighted by Crippen LogP contribution is 2.18. The minimum absolute atomic E-state index is 0.159. The summed E-state index contributed by atoms with van der Waals surface area (Å²) in [5.74, 6) is -0.217. The standard InChI is InChI=1S/C20H21N5O2S/c26-17(11-12-21-19(27)22-14-16-9-5-2-6-10-16)23-20-25-24-18(28-20)13-15-7-3-1-4-8-15/h1-10H,11-14H2,(H2,21,22,27)(H,23,25,26). The maximum Gasteiger partial charge on any atom is 0.315 e. The van der Waals surface area contributed by atoms with Crippen molar-refractivity contribution in [3.8, 4) is 0 Å². The van der Waals surface area contributed by atoms with Crippen LogP contribution < -0.4 is 16.0 Å². The summed E-state index contributed by atoms with van der Waals surface area (Å²) in [4.78, 5) is 23.8. The van der Waals surface area contributed by atoms with Gasteiger partial charge in [-0.25, -0.2) is 4.79 Å². The molecular formula is C20H21N5O2S. The van der Waals surface area contributed by atoms with E-state index in [2.05, 4.69) is 26.1 Å². The zero-order chi connectivity index (χ0) is 19.6. The zero-order valence-electron chi connectivity index (χ0n) is 15.2. The summed E-state index contributed by atoms with van der Waals surface area (Å²) in [5, 5.41) is 17.5. The first-order chi connectivity index (χ1) is 13.7. The Morgan fingerprint density at radius 1 is 0.857 bits per heavy atom. The largest absolute Gasteiger partial charge is 0.338 e. The Balaban J connectivity index is 1.35. The van der Waals surface area contributed by atoms with Crippen LogP contribution in [0.3, 0.4) is 0 Å². The van der Waals surface area contributed by atoms with E-state index in [0.717, 1.165) is 16.1 Å². The van der Waals surface area contributed by atoms with Gasteiger partial charge < -0.3 is 16.0 Å². The molecule has 144 valence electrons. The van der Waals surface area contributed by atoms with Crippen molar-refractivity contribution in [2.24, 2.45) is 0 Å². The quantitative estimate of drug-likeness (QED) is 0.546. The minimum atomic E-state index is -0.308. The molecule has 0 aliphatic carbocycles. The van der Waals surface area contributed by atoms with E-state index in [4.69, 9.17) is 0 Å². The highest BCUT2D eigenvalue weighted by atomic mass is 32.1. The number of carbonyl (C=O) groups excluding carboxylic acids is 2. The number of carbonyl (C=O) groups is 2. The summed E-state index contributed by atoms with van der Waals surface area (Å²) in [5.41, 5.74) is 2.15. The number of nitrogens with zero attached hydrogens (tertiary/aromatic N) is 2. The molecule has 8 heteroatoms. The number of amides is 3. The number of rotatable bonds is 8. The third kappa shape index (κ3) is 6.48. The van der Waals surface area contributed by atoms with Crippen LogP contribution in [0.15, 0.2) is 60.7 Å². The van der Waals surface area contributed by atoms with E-state index in [9.17, 15) is 9.59 Å². The van der Waals surface area contributed by atoms with Crippen molar-refractivity contribution in [2.45, 2.75) is 19.4 Å². The minimum Gasteiger partial charge on any atom is -0.338 e. The van der Waals surface area contributed by atoms with Gasteiger partial charge in [0.15, 0.2) is 0 Å². The molecule has 0 saturated carbocycles. The van der Waals surface area contributed by atoms with Gasteiger partial charge in [-0.2, -0.15) is 0 Å². The van der Waals surface area contributed by atoms with Crippen LogP contribution in [0.1, 0.15) is 22.6 Å². The second-order valence-corrected chi connectivity index (χ2v) is 7.12. The fourth-order valence-electron chi connectivity index (χ4n) is 2.46. The number of hydrogen-bond donors (Lipinski definition) is 3. The van der Waals surface area contributed by atoms with Crippen LogP contribution in [0.25, 0.3) is 0 Å². The molecule has 0 unspecified atom stereocenters. The Morgan fingerprint density at radius 2 is 1.54 bits per heavy atom. The highest BCUT2D eigenvalue weighted by molar-refractivity contribution is 7.15. The van der Waals surface area contributed by atoms with Crippen LogP contribution in [-0.2, 0) is 17.8 Å². The average Bonchev–Trinajstić information content (AvgIpc) is 3.14. The Hall–Kier alpha value is -3.26. The summed E-state index contributed by atoms with van der Waals surface area (Å²) >= 11 is 1.35. The van der Waals surface area contributed by atoms with E-state index in [1.165, 1.54) is 11.3 Å². The Morgan fingerprint density at radius 3 is 2.25 bits per heavy atom. The SMILES string of the molecule is O=C(CCNC(=O)NCc1ccccc1)Nc1nnc(Cc2ccccc2)s1. The van der Waals surface area contributed by atoms with Gasteiger partial charge in [-0.15, -0.1) is 10.2 Å². The average molecular weight is 395 g/mol. The Labute approximate surface area is 167 Å². The number of benzene rings is 2. The topological polar surface area (TPSA) is 96.0 Å². The molecule has 0 aliphatic heterocycles. The molecule has 28 heavy (non-hydrogen) atoms. The molecule has 1 aromatic heterocycles. The molecule has 0 atom stereocenters. The van der Waals surface area contributed by atoms with Crippen LogP contribution in [0.5, 0.6) is 0 Å². The van der Waals surface area contributed by atoms with Crippen LogP contribution >= 0.6 is 11.3 Å². The molecule has 7 nitrogen and oxygen atoms in total. The number of hydrogen-bond acceptors (Lipinski definition) is 5. The highest BCUT2D eigenvalue weighted by Gasteiger charge is 2.09. The molecule has 0 saturated heterocycles. The molecule has 3 N–H and O–H groups in total. The lowest BCUT2D eigenvalue weighted by atomic mass is 10.2. The van der Waals surface area contributed by atoms with Gasteiger partial charge in [0.25, 0.3) is 0 Å². The fraction of sp³-hybridized carbons (Fsp3) is 0.200. The van der Waals surface area contributed by atoms with E-state index in [1.54, 1.807) is 0 Å². The molecule has 3 aromatic rings. The molecule has 2 aromatic carbocycles. The van der Waals surface area contributed by atoms with Gasteiger partial charge in [-0.1, -0.05) is 72.0 Å². The van der Waals surface area contributed by atoms with Gasteiger partial charge >= 0.3 is 6.03 Å². The molecular weight excluding hydrogens is 374 g/mol. The first-order valence-corrected chi connectivity index (χ1v) is 9.72. The lowest BCUT2D eigenvalue weighted by Crippen LogP contribution is -2.36. The van der Waals surface area contributed by atoms with E-state index in [-0.39, 0.29) is 24.9 Å². The van der Waals surface area contributed by atoms with E-state index >= 15 is 0 Å². The number of anilines is 1. The second kappa shape index (κ2) is 10.2. The number of aromatic nitrogens is 2. The first kappa shape index (κ1) is 19.5. The van der Waals surface area contributed by atoms with Crippen molar-refractivity contribution in [2.75, 3.05) is 11.9 Å². The van der Waals surface area contributed by atoms with Gasteiger partial charge in [0.1, 0.15) is 5.01 Å². The zero-order valence-corrected chi connectivity index (χ0v) is 16.0. The maximum atomic E-state index is 12.0. The summed E-state index contributed by atoms with van der Waals surface area (Å²) in [6.45, 7) is 0.677. The van der Waals surface area contributed by atoms with Crippen molar-refractivity contribution in [3.05, 3.63) is 76.8 Å². The van der Waals surface area contributed by atoms with Crippen molar-refractivity contribution in [1.29, 1.82) is 0 Å². The number of urea groups is 1. The lowest BCUT2D eigenvalue weighted by Gasteiger charge is -2.07. The van der Waals surface area contributed by atoms with Crippen molar-refractivity contribution >= 4 is 28.4 Å². The van der Waals surface area contributed by atoms with Gasteiger partial charge in [-0.05, 0) is 11.1 Å². The fourth-order valence-corrected chi connectivity index (χ4v) is 3.25. The lowest BCUT2D eigenvalue weighted by molar-refractivity contribution is -0.116. The van der Waals surface area contributed by atoms with E-state index in [1.807, 2.05) is 60.7 Å². The molecule has 0 spiro atoms. The number of nitrogens with one attached hydrogen (secondary N) is 3. The summed E-state index contributed by atoms with van der Waals surface area (Å²) in [6.07, 6.45) is 0.837. The normalized spacial score (nSPS) is 10.3. The van der Waals surface area contributed by atoms with Crippen LogP contribution in [0, 0.1) is 0 Å². The second-order valence-electron chi connectivity index (χ2n) is 6.06. The predicted molar refractivity (Wildman–Crippen MR) is 109 cm³/mol. The molecule has 0 bridgehead atoms. The third-order valence-corrected chi connectivity index (χ3v) is 4.68. The van der Waals surface area contributed by atoms with Crippen molar-refractivity contribution < 1.29 is 9.59 Å². The van der Waals surface area contributed by atoms with Crippen molar-refractivity contribution in [1.82, 2.24) is 20.8 Å². The molecule has 0 radical (unpaired) electrons. The van der Waals surface area contributed by atoms with E-state index in [0.29, 0.717) is 18.1 Å². The maximum absolute atomic E-state index is 12.0. The molecule has 3 rings (SSSR count). The summed E-state index contributed by atoms with van der Waals surface area (Å²) in [7, 11) is 0. The van der Waals surface area contributed by atoms with Gasteiger partial charge in [-0.3, -0.25) is 4.79 Å². The summed E-state index contributed by atoms with van der Waals surface area (Å²) in [6, 6.07) is 19.3. The molecule has 1 heterocycles. The first-order valence-electron chi connectivity index (χ1n) is 8.91. The van der Waals surface area contributed by atoms with E-state index < -0.39 is 0 Å². The van der Waals surface area contributed by atoms with Gasteiger partial charge in [0, 0.05) is 25.9 Å². The van der Waals surface area contributed by atoms with Crippen LogP contribution in [0.4, 0.5) is 9.93 Å². The van der Waals surface area contributed by atoms with Gasteiger partial charge in [0.2, 0.25) is 11.0 Å². The molecule has 0 fully saturated rings. The van der Waals surface area contributed by atoms with Crippen molar-refractivity contribution in [3.63, 3.8) is 0 Å². The Bertz CT molecular complexity index is 899. The predicted octanol–water partition coefficient (Wildman–Crippen LogP) is 2.96. The van der Waals surface area contributed by atoms with Crippen LogP contribution in [-0.4, -0.2) is 28.7 Å². The molecule has 3 amide bonds. The monoisotopic (exact) mass is 395 g/mol. The molecule has 0 aliphatic rings. The smallest absolute Gasteiger partial charge is 0.315 e. The van der Waals surface area contributed by atoms with Crippen LogP contribution in [0.2, 0.25) is 0 Å². The van der Waals surface area contributed by atoms with Gasteiger partial charge in [0.05, 0.1) is 0 Å². The Kier molecular flexibility index (Phi) is 7.08.